The minimum absolute atomic E-state index is 0.0416. The van der Waals surface area contributed by atoms with Crippen LogP contribution >= 0.6 is 27.3 Å². The number of aromatic nitrogens is 1. The molecule has 0 saturated carbocycles. The summed E-state index contributed by atoms with van der Waals surface area (Å²) in [7, 11) is 0. The minimum Gasteiger partial charge on any atom is -0.315 e. The summed E-state index contributed by atoms with van der Waals surface area (Å²) in [6, 6.07) is 17.9. The van der Waals surface area contributed by atoms with Crippen LogP contribution in [0.15, 0.2) is 65.3 Å². The first-order chi connectivity index (χ1) is 12.7. The standard InChI is InChI=1S/C20H18BrN3OS/c21-15-9-4-5-10-16(15)23-20(25)24-12-6-11-17(24)19-22-13-18(26-19)14-7-2-1-3-8-14/h1-5,7-10,13,17H,6,11-12H2,(H,23,25)/t17-/m0/s1. The number of anilines is 1. The summed E-state index contributed by atoms with van der Waals surface area (Å²) in [5.41, 5.74) is 1.95. The average molecular weight is 428 g/mol. The summed E-state index contributed by atoms with van der Waals surface area (Å²) in [5, 5.41) is 4.01. The van der Waals surface area contributed by atoms with Gasteiger partial charge in [-0.1, -0.05) is 42.5 Å². The minimum atomic E-state index is -0.0733. The molecule has 0 unspecified atom stereocenters. The zero-order valence-corrected chi connectivity index (χ0v) is 16.5. The maximum atomic E-state index is 12.8. The first-order valence-electron chi connectivity index (χ1n) is 8.55. The van der Waals surface area contributed by atoms with Crippen LogP contribution in [0, 0.1) is 0 Å². The van der Waals surface area contributed by atoms with Gasteiger partial charge in [-0.05, 0) is 46.5 Å². The molecule has 1 aliphatic heterocycles. The van der Waals surface area contributed by atoms with Crippen LogP contribution in [0.3, 0.4) is 0 Å². The smallest absolute Gasteiger partial charge is 0.315 e. The molecule has 1 saturated heterocycles. The van der Waals surface area contributed by atoms with Gasteiger partial charge >= 0.3 is 6.03 Å². The van der Waals surface area contributed by atoms with Crippen molar-refractivity contribution in [1.29, 1.82) is 0 Å². The molecule has 2 amide bonds. The van der Waals surface area contributed by atoms with Gasteiger partial charge in [-0.3, -0.25) is 0 Å². The normalized spacial score (nSPS) is 16.7. The Morgan fingerprint density at radius 2 is 1.92 bits per heavy atom. The van der Waals surface area contributed by atoms with Crippen LogP contribution in [-0.2, 0) is 0 Å². The Balaban J connectivity index is 1.53. The van der Waals surface area contributed by atoms with Crippen molar-refractivity contribution in [2.24, 2.45) is 0 Å². The molecule has 4 rings (SSSR count). The van der Waals surface area contributed by atoms with Gasteiger partial charge in [0, 0.05) is 17.2 Å². The van der Waals surface area contributed by atoms with E-state index in [9.17, 15) is 4.79 Å². The number of nitrogens with zero attached hydrogens (tertiary/aromatic N) is 2. The van der Waals surface area contributed by atoms with E-state index in [-0.39, 0.29) is 12.1 Å². The van der Waals surface area contributed by atoms with Gasteiger partial charge in [-0.25, -0.2) is 9.78 Å². The fraction of sp³-hybridized carbons (Fsp3) is 0.200. The fourth-order valence-electron chi connectivity index (χ4n) is 3.19. The van der Waals surface area contributed by atoms with Crippen molar-refractivity contribution in [2.75, 3.05) is 11.9 Å². The highest BCUT2D eigenvalue weighted by Gasteiger charge is 2.32. The number of halogens is 1. The van der Waals surface area contributed by atoms with E-state index in [4.69, 9.17) is 0 Å². The Bertz CT molecular complexity index is 912. The number of hydrogen-bond acceptors (Lipinski definition) is 3. The highest BCUT2D eigenvalue weighted by molar-refractivity contribution is 9.10. The third kappa shape index (κ3) is 3.52. The Hall–Kier alpha value is -2.18. The molecule has 2 heterocycles. The molecule has 26 heavy (non-hydrogen) atoms. The predicted molar refractivity (Wildman–Crippen MR) is 109 cm³/mol. The van der Waals surface area contributed by atoms with Gasteiger partial charge in [-0.15, -0.1) is 11.3 Å². The molecule has 1 aliphatic rings. The lowest BCUT2D eigenvalue weighted by atomic mass is 10.2. The number of carbonyl (C=O) groups excluding carboxylic acids is 1. The van der Waals surface area contributed by atoms with Crippen molar-refractivity contribution in [3.8, 4) is 10.4 Å². The summed E-state index contributed by atoms with van der Waals surface area (Å²) in [6.45, 7) is 0.751. The molecule has 2 aromatic carbocycles. The van der Waals surface area contributed by atoms with Crippen molar-refractivity contribution in [1.82, 2.24) is 9.88 Å². The Morgan fingerprint density at radius 3 is 2.73 bits per heavy atom. The van der Waals surface area contributed by atoms with Gasteiger partial charge in [0.05, 0.1) is 16.6 Å². The molecular formula is C20H18BrN3OS. The Labute approximate surface area is 165 Å². The van der Waals surface area contributed by atoms with Gasteiger partial charge in [0.2, 0.25) is 0 Å². The highest BCUT2D eigenvalue weighted by Crippen LogP contribution is 2.37. The number of amides is 2. The van der Waals surface area contributed by atoms with Crippen molar-refractivity contribution < 1.29 is 4.79 Å². The molecule has 4 nitrogen and oxygen atoms in total. The molecule has 132 valence electrons. The van der Waals surface area contributed by atoms with E-state index in [1.165, 1.54) is 5.56 Å². The predicted octanol–water partition coefficient (Wildman–Crippen LogP) is 5.94. The summed E-state index contributed by atoms with van der Waals surface area (Å²) in [6.07, 6.45) is 3.86. The van der Waals surface area contributed by atoms with Crippen LogP contribution in [0.1, 0.15) is 23.9 Å². The summed E-state index contributed by atoms with van der Waals surface area (Å²) >= 11 is 5.15. The molecule has 0 aliphatic carbocycles. The second kappa shape index (κ2) is 7.60. The first kappa shape index (κ1) is 17.2. The van der Waals surface area contributed by atoms with Crippen molar-refractivity contribution >= 4 is 39.0 Å². The average Bonchev–Trinajstić information content (AvgIpc) is 3.33. The molecule has 6 heteroatoms. The van der Waals surface area contributed by atoms with Crippen LogP contribution in [0.4, 0.5) is 10.5 Å². The number of hydrogen-bond donors (Lipinski definition) is 1. The molecule has 3 aromatic rings. The van der Waals surface area contributed by atoms with Gasteiger partial charge in [-0.2, -0.15) is 0 Å². The van der Waals surface area contributed by atoms with E-state index < -0.39 is 0 Å². The van der Waals surface area contributed by atoms with E-state index >= 15 is 0 Å². The fourth-order valence-corrected chi connectivity index (χ4v) is 4.65. The lowest BCUT2D eigenvalue weighted by molar-refractivity contribution is 0.207. The molecule has 0 bridgehead atoms. The zero-order chi connectivity index (χ0) is 17.9. The zero-order valence-electron chi connectivity index (χ0n) is 14.1. The number of para-hydroxylation sites is 1. The first-order valence-corrected chi connectivity index (χ1v) is 10.2. The topological polar surface area (TPSA) is 45.2 Å². The van der Waals surface area contributed by atoms with Crippen LogP contribution in [0.5, 0.6) is 0 Å². The molecule has 1 fully saturated rings. The Kier molecular flexibility index (Phi) is 5.04. The molecule has 1 aromatic heterocycles. The molecule has 0 radical (unpaired) electrons. The third-order valence-corrected chi connectivity index (χ3v) is 6.34. The van der Waals surface area contributed by atoms with Gasteiger partial charge < -0.3 is 10.2 Å². The molecule has 1 atom stereocenters. The van der Waals surface area contributed by atoms with Gasteiger partial charge in [0.25, 0.3) is 0 Å². The number of rotatable bonds is 3. The maximum absolute atomic E-state index is 12.8. The summed E-state index contributed by atoms with van der Waals surface area (Å²) in [5.74, 6) is 0. The summed E-state index contributed by atoms with van der Waals surface area (Å²) in [4.78, 5) is 20.5. The second-order valence-corrected chi connectivity index (χ2v) is 8.11. The van der Waals surface area contributed by atoms with Crippen LogP contribution < -0.4 is 5.32 Å². The molecule has 1 N–H and O–H groups in total. The summed E-state index contributed by atoms with van der Waals surface area (Å²) < 4.78 is 0.879. The van der Waals surface area contributed by atoms with Crippen LogP contribution in [-0.4, -0.2) is 22.5 Å². The van der Waals surface area contributed by atoms with E-state index in [2.05, 4.69) is 38.4 Å². The third-order valence-electron chi connectivity index (χ3n) is 4.50. The SMILES string of the molecule is O=C(Nc1ccccc1Br)N1CCC[C@H]1c1ncc(-c2ccccc2)s1. The quantitative estimate of drug-likeness (QED) is 0.561. The number of nitrogens with one attached hydrogen (secondary N) is 1. The number of likely N-dealkylation sites (tertiary alicyclic amines) is 1. The highest BCUT2D eigenvalue weighted by atomic mass is 79.9. The lowest BCUT2D eigenvalue weighted by Crippen LogP contribution is -2.34. The number of urea groups is 1. The van der Waals surface area contributed by atoms with Crippen molar-refractivity contribution in [2.45, 2.75) is 18.9 Å². The monoisotopic (exact) mass is 427 g/mol. The van der Waals surface area contributed by atoms with Crippen LogP contribution in [0.25, 0.3) is 10.4 Å². The molecular weight excluding hydrogens is 410 g/mol. The van der Waals surface area contributed by atoms with E-state index in [0.29, 0.717) is 0 Å². The number of thiazole rings is 1. The lowest BCUT2D eigenvalue weighted by Gasteiger charge is -2.23. The van der Waals surface area contributed by atoms with Crippen molar-refractivity contribution in [3.63, 3.8) is 0 Å². The van der Waals surface area contributed by atoms with E-state index in [1.807, 2.05) is 53.6 Å². The van der Waals surface area contributed by atoms with E-state index in [1.54, 1.807) is 11.3 Å². The second-order valence-electron chi connectivity index (χ2n) is 6.19. The van der Waals surface area contributed by atoms with Gasteiger partial charge in [0.15, 0.2) is 0 Å². The number of benzene rings is 2. The van der Waals surface area contributed by atoms with Crippen LogP contribution in [0.2, 0.25) is 0 Å². The van der Waals surface area contributed by atoms with Crippen molar-refractivity contribution in [3.05, 3.63) is 70.3 Å². The molecule has 0 spiro atoms. The largest absolute Gasteiger partial charge is 0.322 e. The van der Waals surface area contributed by atoms with E-state index in [0.717, 1.165) is 39.4 Å². The number of carbonyl (C=O) groups is 1. The Morgan fingerprint density at radius 1 is 1.15 bits per heavy atom. The van der Waals surface area contributed by atoms with Gasteiger partial charge in [0.1, 0.15) is 5.01 Å². The maximum Gasteiger partial charge on any atom is 0.322 e.